The Morgan fingerprint density at radius 3 is 3.24 bits per heavy atom. The van der Waals surface area contributed by atoms with Crippen molar-refractivity contribution in [1.82, 2.24) is 10.5 Å². The Balaban J connectivity index is 1.89. The standard InChI is InChI=1S/C13H16N2O2/c1-9-11-5-2-6-12(13(11)17-15-9)16-10-4-3-7-14-8-10/h2,5-6,10,14H,3-4,7-8H2,1H3. The van der Waals surface area contributed by atoms with Gasteiger partial charge in [-0.2, -0.15) is 0 Å². The number of para-hydroxylation sites is 1. The molecule has 0 bridgehead atoms. The quantitative estimate of drug-likeness (QED) is 0.862. The molecule has 1 saturated heterocycles. The van der Waals surface area contributed by atoms with Crippen molar-refractivity contribution in [3.63, 3.8) is 0 Å². The third kappa shape index (κ3) is 2.00. The van der Waals surface area contributed by atoms with Gasteiger partial charge >= 0.3 is 0 Å². The van der Waals surface area contributed by atoms with E-state index in [0.29, 0.717) is 0 Å². The predicted molar refractivity (Wildman–Crippen MR) is 65.3 cm³/mol. The minimum absolute atomic E-state index is 0.236. The van der Waals surface area contributed by atoms with Crippen LogP contribution in [0.2, 0.25) is 0 Å². The Morgan fingerprint density at radius 1 is 1.47 bits per heavy atom. The van der Waals surface area contributed by atoms with Gasteiger partial charge in [0.2, 0.25) is 5.58 Å². The first-order valence-corrected chi connectivity index (χ1v) is 6.07. The summed E-state index contributed by atoms with van der Waals surface area (Å²) in [6.07, 6.45) is 2.49. The SMILES string of the molecule is Cc1noc2c(OC3CCCNC3)cccc12. The zero-order chi connectivity index (χ0) is 11.7. The van der Waals surface area contributed by atoms with Crippen molar-refractivity contribution in [3.05, 3.63) is 23.9 Å². The van der Waals surface area contributed by atoms with Crippen LogP contribution in [0.1, 0.15) is 18.5 Å². The summed E-state index contributed by atoms with van der Waals surface area (Å²) >= 11 is 0. The van der Waals surface area contributed by atoms with Gasteiger partial charge in [0.25, 0.3) is 0 Å². The van der Waals surface area contributed by atoms with Crippen molar-refractivity contribution < 1.29 is 9.26 Å². The molecule has 0 saturated carbocycles. The van der Waals surface area contributed by atoms with E-state index in [0.717, 1.165) is 48.3 Å². The van der Waals surface area contributed by atoms with Gasteiger partial charge in [-0.05, 0) is 38.4 Å². The second-order valence-corrected chi connectivity index (χ2v) is 4.49. The maximum atomic E-state index is 5.99. The smallest absolute Gasteiger partial charge is 0.208 e. The molecule has 1 unspecified atom stereocenters. The lowest BCUT2D eigenvalue weighted by atomic mass is 10.1. The highest BCUT2D eigenvalue weighted by molar-refractivity contribution is 5.84. The van der Waals surface area contributed by atoms with Gasteiger partial charge in [0.05, 0.1) is 5.69 Å². The van der Waals surface area contributed by atoms with Crippen LogP contribution in [0.3, 0.4) is 0 Å². The van der Waals surface area contributed by atoms with Gasteiger partial charge in [-0.3, -0.25) is 0 Å². The van der Waals surface area contributed by atoms with E-state index in [1.165, 1.54) is 0 Å². The number of nitrogens with zero attached hydrogens (tertiary/aromatic N) is 1. The van der Waals surface area contributed by atoms with Crippen molar-refractivity contribution in [2.75, 3.05) is 13.1 Å². The maximum absolute atomic E-state index is 5.99. The average molecular weight is 232 g/mol. The van der Waals surface area contributed by atoms with Crippen molar-refractivity contribution in [1.29, 1.82) is 0 Å². The first kappa shape index (κ1) is 10.6. The van der Waals surface area contributed by atoms with Gasteiger partial charge in [-0.15, -0.1) is 0 Å². The van der Waals surface area contributed by atoms with E-state index in [9.17, 15) is 0 Å². The number of piperidine rings is 1. The summed E-state index contributed by atoms with van der Waals surface area (Å²) in [4.78, 5) is 0. The van der Waals surface area contributed by atoms with Gasteiger partial charge in [0, 0.05) is 11.9 Å². The largest absolute Gasteiger partial charge is 0.485 e. The summed E-state index contributed by atoms with van der Waals surface area (Å²) in [5, 5.41) is 8.35. The van der Waals surface area contributed by atoms with E-state index in [4.69, 9.17) is 9.26 Å². The van der Waals surface area contributed by atoms with E-state index in [1.807, 2.05) is 25.1 Å². The normalized spacial score (nSPS) is 20.6. The third-order valence-corrected chi connectivity index (χ3v) is 3.19. The summed E-state index contributed by atoms with van der Waals surface area (Å²) in [5.74, 6) is 0.803. The molecule has 0 radical (unpaired) electrons. The summed E-state index contributed by atoms with van der Waals surface area (Å²) < 4.78 is 11.3. The zero-order valence-electron chi connectivity index (χ0n) is 9.90. The molecule has 3 rings (SSSR count). The minimum atomic E-state index is 0.236. The Hall–Kier alpha value is -1.55. The highest BCUT2D eigenvalue weighted by Crippen LogP contribution is 2.28. The van der Waals surface area contributed by atoms with Crippen LogP contribution in [0, 0.1) is 6.92 Å². The summed E-state index contributed by atoms with van der Waals surface area (Å²) in [7, 11) is 0. The number of ether oxygens (including phenoxy) is 1. The number of hydrogen-bond acceptors (Lipinski definition) is 4. The third-order valence-electron chi connectivity index (χ3n) is 3.19. The van der Waals surface area contributed by atoms with Crippen LogP contribution in [-0.2, 0) is 0 Å². The predicted octanol–water partition coefficient (Wildman–Crippen LogP) is 2.27. The van der Waals surface area contributed by atoms with Crippen LogP contribution >= 0.6 is 0 Å². The molecule has 0 amide bonds. The Bertz CT molecular complexity index is 515. The van der Waals surface area contributed by atoms with E-state index in [-0.39, 0.29) is 6.10 Å². The first-order valence-electron chi connectivity index (χ1n) is 6.07. The fourth-order valence-corrected chi connectivity index (χ4v) is 2.25. The molecular formula is C13H16N2O2. The molecule has 1 fully saturated rings. The average Bonchev–Trinajstić information content (AvgIpc) is 2.74. The molecule has 0 spiro atoms. The van der Waals surface area contributed by atoms with Gasteiger partial charge in [0.1, 0.15) is 6.10 Å². The highest BCUT2D eigenvalue weighted by Gasteiger charge is 2.17. The lowest BCUT2D eigenvalue weighted by Gasteiger charge is -2.23. The summed E-state index contributed by atoms with van der Waals surface area (Å²) in [6.45, 7) is 3.94. The van der Waals surface area contributed by atoms with Crippen molar-refractivity contribution in [2.24, 2.45) is 0 Å². The Morgan fingerprint density at radius 2 is 2.41 bits per heavy atom. The molecular weight excluding hydrogens is 216 g/mol. The molecule has 1 aliphatic rings. The second kappa shape index (κ2) is 4.37. The number of aromatic nitrogens is 1. The van der Waals surface area contributed by atoms with Crippen LogP contribution in [-0.4, -0.2) is 24.4 Å². The number of nitrogens with one attached hydrogen (secondary N) is 1. The van der Waals surface area contributed by atoms with E-state index in [2.05, 4.69) is 10.5 Å². The van der Waals surface area contributed by atoms with Crippen molar-refractivity contribution in [3.8, 4) is 5.75 Å². The molecule has 1 aromatic heterocycles. The van der Waals surface area contributed by atoms with E-state index < -0.39 is 0 Å². The number of rotatable bonds is 2. The topological polar surface area (TPSA) is 47.3 Å². The van der Waals surface area contributed by atoms with E-state index >= 15 is 0 Å². The fraction of sp³-hybridized carbons (Fsp3) is 0.462. The van der Waals surface area contributed by atoms with Crippen molar-refractivity contribution >= 4 is 11.0 Å². The number of fused-ring (bicyclic) bond motifs is 1. The van der Waals surface area contributed by atoms with Crippen LogP contribution < -0.4 is 10.1 Å². The van der Waals surface area contributed by atoms with Gasteiger partial charge < -0.3 is 14.6 Å². The van der Waals surface area contributed by atoms with Gasteiger partial charge in [0.15, 0.2) is 5.75 Å². The summed E-state index contributed by atoms with van der Waals surface area (Å²) in [6, 6.07) is 5.94. The van der Waals surface area contributed by atoms with Crippen LogP contribution in [0.15, 0.2) is 22.7 Å². The summed E-state index contributed by atoms with van der Waals surface area (Å²) in [5.41, 5.74) is 1.67. The maximum Gasteiger partial charge on any atom is 0.208 e. The van der Waals surface area contributed by atoms with Gasteiger partial charge in [-0.1, -0.05) is 11.2 Å². The Labute approximate surface area is 99.9 Å². The molecule has 0 aliphatic carbocycles. The lowest BCUT2D eigenvalue weighted by molar-refractivity contribution is 0.166. The molecule has 1 atom stereocenters. The Kier molecular flexibility index (Phi) is 2.73. The molecule has 4 heteroatoms. The fourth-order valence-electron chi connectivity index (χ4n) is 2.25. The molecule has 90 valence electrons. The number of aryl methyl sites for hydroxylation is 1. The van der Waals surface area contributed by atoms with E-state index in [1.54, 1.807) is 0 Å². The highest BCUT2D eigenvalue weighted by atomic mass is 16.5. The van der Waals surface area contributed by atoms with Crippen LogP contribution in [0.5, 0.6) is 5.75 Å². The minimum Gasteiger partial charge on any atom is -0.485 e. The molecule has 1 aromatic carbocycles. The van der Waals surface area contributed by atoms with Gasteiger partial charge in [-0.25, -0.2) is 0 Å². The molecule has 2 heterocycles. The van der Waals surface area contributed by atoms with Crippen molar-refractivity contribution in [2.45, 2.75) is 25.9 Å². The van der Waals surface area contributed by atoms with Crippen LogP contribution in [0.25, 0.3) is 11.0 Å². The lowest BCUT2D eigenvalue weighted by Crippen LogP contribution is -2.37. The molecule has 17 heavy (non-hydrogen) atoms. The molecule has 1 aliphatic heterocycles. The monoisotopic (exact) mass is 232 g/mol. The first-order chi connectivity index (χ1) is 8.34. The number of hydrogen-bond donors (Lipinski definition) is 1. The molecule has 1 N–H and O–H groups in total. The number of benzene rings is 1. The molecule has 2 aromatic rings. The van der Waals surface area contributed by atoms with Crippen LogP contribution in [0.4, 0.5) is 0 Å². The molecule has 4 nitrogen and oxygen atoms in total. The zero-order valence-corrected chi connectivity index (χ0v) is 9.90. The second-order valence-electron chi connectivity index (χ2n) is 4.49.